The molecule has 0 saturated heterocycles. The normalized spacial score (nSPS) is 16.0. The number of nitrogens with one attached hydrogen (secondary N) is 1. The Labute approximate surface area is 170 Å². The smallest absolute Gasteiger partial charge is 0.266 e. The molecule has 30 heavy (non-hydrogen) atoms. The van der Waals surface area contributed by atoms with Gasteiger partial charge in [0.25, 0.3) is 12.0 Å². The number of ether oxygens (including phenoxy) is 1. The fourth-order valence-electron chi connectivity index (χ4n) is 3.56. The van der Waals surface area contributed by atoms with Gasteiger partial charge in [-0.25, -0.2) is 13.2 Å². The van der Waals surface area contributed by atoms with E-state index in [2.05, 4.69) is 15.5 Å². The first kappa shape index (κ1) is 20.2. The summed E-state index contributed by atoms with van der Waals surface area (Å²) in [6.07, 6.45) is 0.563. The van der Waals surface area contributed by atoms with E-state index in [-0.39, 0.29) is 22.5 Å². The van der Waals surface area contributed by atoms with Crippen LogP contribution in [0.25, 0.3) is 10.8 Å². The topological polar surface area (TPSA) is 69.0 Å². The summed E-state index contributed by atoms with van der Waals surface area (Å²) in [5.41, 5.74) is -0.991. The fourth-order valence-corrected chi connectivity index (χ4v) is 3.56. The number of benzene rings is 1. The van der Waals surface area contributed by atoms with Crippen molar-refractivity contribution in [2.45, 2.75) is 44.7 Å². The van der Waals surface area contributed by atoms with Gasteiger partial charge in [-0.3, -0.25) is 4.79 Å². The van der Waals surface area contributed by atoms with Crippen LogP contribution in [0.4, 0.5) is 19.0 Å². The number of pyridine rings is 1. The highest BCUT2D eigenvalue weighted by molar-refractivity contribution is 5.94. The van der Waals surface area contributed by atoms with Crippen LogP contribution in [-0.2, 0) is 5.54 Å². The molecule has 4 rings (SSSR count). The van der Waals surface area contributed by atoms with Crippen LogP contribution < -0.4 is 15.6 Å². The number of fused-ring (bicyclic) bond motifs is 1. The van der Waals surface area contributed by atoms with Gasteiger partial charge in [0.1, 0.15) is 5.82 Å². The molecule has 3 aromatic rings. The Morgan fingerprint density at radius 1 is 1.20 bits per heavy atom. The molecule has 0 amide bonds. The van der Waals surface area contributed by atoms with Crippen LogP contribution in [0.1, 0.15) is 50.3 Å². The number of aromatic nitrogens is 3. The number of anilines is 1. The Kier molecular flexibility index (Phi) is 4.91. The van der Waals surface area contributed by atoms with Crippen molar-refractivity contribution in [2.24, 2.45) is 0 Å². The monoisotopic (exact) mass is 418 g/mol. The molecule has 2 aromatic heterocycles. The van der Waals surface area contributed by atoms with Gasteiger partial charge in [-0.05, 0) is 26.7 Å². The molecule has 0 aliphatic heterocycles. The zero-order chi connectivity index (χ0) is 21.6. The van der Waals surface area contributed by atoms with E-state index in [1.807, 2.05) is 6.92 Å². The minimum absolute atomic E-state index is 0.0843. The van der Waals surface area contributed by atoms with E-state index in [1.54, 1.807) is 17.7 Å². The van der Waals surface area contributed by atoms with Crippen molar-refractivity contribution in [2.75, 3.05) is 12.4 Å². The molecule has 0 radical (unpaired) electrons. The minimum atomic E-state index is -2.91. The van der Waals surface area contributed by atoms with Gasteiger partial charge in [-0.2, -0.15) is 0 Å². The standard InChI is InChI=1S/C21H21F3N4O2/c1-11(12-5-4-6-13(17(12)22)18(23)24)25-19-15-10-28(21(2)7-8-21)16(29)9-14(15)20(30-3)27-26-19/h4-6,9-11,18H,7-8H2,1-3H3,(H,25,26)/t11-/m1/s1. The molecule has 1 fully saturated rings. The molecule has 158 valence electrons. The first-order valence-electron chi connectivity index (χ1n) is 9.56. The molecular weight excluding hydrogens is 397 g/mol. The Morgan fingerprint density at radius 3 is 2.53 bits per heavy atom. The summed E-state index contributed by atoms with van der Waals surface area (Å²) < 4.78 is 47.6. The maximum absolute atomic E-state index is 14.6. The van der Waals surface area contributed by atoms with Gasteiger partial charge < -0.3 is 14.6 Å². The number of nitrogens with zero attached hydrogens (tertiary/aromatic N) is 3. The summed E-state index contributed by atoms with van der Waals surface area (Å²) in [6, 6.07) is 4.67. The van der Waals surface area contributed by atoms with E-state index in [0.29, 0.717) is 16.6 Å². The second kappa shape index (κ2) is 7.30. The molecule has 0 spiro atoms. The van der Waals surface area contributed by atoms with Gasteiger partial charge >= 0.3 is 0 Å². The Hall–Kier alpha value is -3.10. The van der Waals surface area contributed by atoms with Gasteiger partial charge in [0.05, 0.1) is 24.1 Å². The lowest BCUT2D eigenvalue weighted by molar-refractivity contribution is 0.146. The van der Waals surface area contributed by atoms with E-state index in [0.717, 1.165) is 18.9 Å². The molecule has 1 atom stereocenters. The number of hydrogen-bond acceptors (Lipinski definition) is 5. The van der Waals surface area contributed by atoms with Gasteiger partial charge in [0.15, 0.2) is 5.82 Å². The number of rotatable bonds is 6. The van der Waals surface area contributed by atoms with E-state index in [1.165, 1.54) is 25.3 Å². The van der Waals surface area contributed by atoms with Crippen LogP contribution in [0.2, 0.25) is 0 Å². The van der Waals surface area contributed by atoms with Crippen LogP contribution in [0.5, 0.6) is 5.88 Å². The van der Waals surface area contributed by atoms with Crippen molar-refractivity contribution in [3.8, 4) is 5.88 Å². The van der Waals surface area contributed by atoms with Crippen molar-refractivity contribution in [1.82, 2.24) is 14.8 Å². The van der Waals surface area contributed by atoms with Crippen molar-refractivity contribution in [3.05, 3.63) is 57.8 Å². The maximum atomic E-state index is 14.6. The highest BCUT2D eigenvalue weighted by atomic mass is 19.3. The third-order valence-electron chi connectivity index (χ3n) is 5.64. The highest BCUT2D eigenvalue weighted by Crippen LogP contribution is 2.42. The zero-order valence-corrected chi connectivity index (χ0v) is 16.7. The van der Waals surface area contributed by atoms with E-state index < -0.39 is 23.8 Å². The molecule has 0 bridgehead atoms. The summed E-state index contributed by atoms with van der Waals surface area (Å²) in [4.78, 5) is 12.6. The molecule has 1 saturated carbocycles. The average molecular weight is 418 g/mol. The average Bonchev–Trinajstić information content (AvgIpc) is 3.45. The van der Waals surface area contributed by atoms with Crippen molar-refractivity contribution >= 4 is 16.6 Å². The van der Waals surface area contributed by atoms with E-state index in [9.17, 15) is 18.0 Å². The largest absolute Gasteiger partial charge is 0.479 e. The minimum Gasteiger partial charge on any atom is -0.479 e. The number of methoxy groups -OCH3 is 1. The van der Waals surface area contributed by atoms with Crippen LogP contribution in [0.3, 0.4) is 0 Å². The summed E-state index contributed by atoms with van der Waals surface area (Å²) in [5.74, 6) is -0.460. The fraction of sp³-hybridized carbons (Fsp3) is 0.381. The van der Waals surface area contributed by atoms with Gasteiger partial charge in [-0.15, -0.1) is 10.2 Å². The molecule has 0 unspecified atom stereocenters. The quantitative estimate of drug-likeness (QED) is 0.636. The first-order valence-corrected chi connectivity index (χ1v) is 9.56. The third kappa shape index (κ3) is 3.38. The number of hydrogen-bond donors (Lipinski definition) is 1. The summed E-state index contributed by atoms with van der Waals surface area (Å²) in [5, 5.41) is 12.2. The van der Waals surface area contributed by atoms with Crippen LogP contribution in [-0.4, -0.2) is 21.9 Å². The number of alkyl halides is 2. The zero-order valence-electron chi connectivity index (χ0n) is 16.7. The van der Waals surface area contributed by atoms with Crippen molar-refractivity contribution in [3.63, 3.8) is 0 Å². The molecule has 1 aromatic carbocycles. The third-order valence-corrected chi connectivity index (χ3v) is 5.64. The maximum Gasteiger partial charge on any atom is 0.266 e. The SMILES string of the molecule is COc1nnc(N[C@H](C)c2cccc(C(F)F)c2F)c2cn(C3(C)CC3)c(=O)cc12. The lowest BCUT2D eigenvalue weighted by atomic mass is 10.0. The summed E-state index contributed by atoms with van der Waals surface area (Å²) in [7, 11) is 1.43. The molecule has 1 N–H and O–H groups in total. The lowest BCUT2D eigenvalue weighted by Gasteiger charge is -2.20. The molecule has 1 aliphatic rings. The van der Waals surface area contributed by atoms with Crippen LogP contribution in [0, 0.1) is 5.82 Å². The molecule has 2 heterocycles. The van der Waals surface area contributed by atoms with Crippen molar-refractivity contribution in [1.29, 1.82) is 0 Å². The van der Waals surface area contributed by atoms with E-state index >= 15 is 0 Å². The highest BCUT2D eigenvalue weighted by Gasteiger charge is 2.40. The number of halogens is 3. The summed E-state index contributed by atoms with van der Waals surface area (Å²) >= 11 is 0. The predicted molar refractivity (Wildman–Crippen MR) is 107 cm³/mol. The Morgan fingerprint density at radius 2 is 1.90 bits per heavy atom. The van der Waals surface area contributed by atoms with Gasteiger partial charge in [0, 0.05) is 28.8 Å². The van der Waals surface area contributed by atoms with Gasteiger partial charge in [0.2, 0.25) is 5.88 Å². The Bertz CT molecular complexity index is 1170. The van der Waals surface area contributed by atoms with Crippen LogP contribution >= 0.6 is 0 Å². The predicted octanol–water partition coefficient (Wildman–Crippen LogP) is 4.56. The van der Waals surface area contributed by atoms with Crippen LogP contribution in [0.15, 0.2) is 35.3 Å². The second-order valence-electron chi connectivity index (χ2n) is 7.78. The lowest BCUT2D eigenvalue weighted by Crippen LogP contribution is -2.27. The molecule has 1 aliphatic carbocycles. The molecule has 6 nitrogen and oxygen atoms in total. The molecular formula is C21H21F3N4O2. The Balaban J connectivity index is 1.79. The van der Waals surface area contributed by atoms with E-state index in [4.69, 9.17) is 4.74 Å². The first-order chi connectivity index (χ1) is 14.2. The van der Waals surface area contributed by atoms with Crippen molar-refractivity contribution < 1.29 is 17.9 Å². The van der Waals surface area contributed by atoms with Gasteiger partial charge in [-0.1, -0.05) is 18.2 Å². The summed E-state index contributed by atoms with van der Waals surface area (Å²) in [6.45, 7) is 3.64. The molecule has 9 heteroatoms. The second-order valence-corrected chi connectivity index (χ2v) is 7.78.